The number of aliphatic hydroxyl groups is 1. The van der Waals surface area contributed by atoms with Crippen molar-refractivity contribution in [3.8, 4) is 0 Å². The van der Waals surface area contributed by atoms with Gasteiger partial charge in [-0.25, -0.2) is 0 Å². The number of aryl methyl sites for hydroxylation is 2. The van der Waals surface area contributed by atoms with Gasteiger partial charge in [-0.3, -0.25) is 4.68 Å². The molecule has 1 aromatic carbocycles. The number of rotatable bonds is 6. The predicted molar refractivity (Wildman–Crippen MR) is 75.7 cm³/mol. The van der Waals surface area contributed by atoms with E-state index < -0.39 is 6.10 Å². The van der Waals surface area contributed by atoms with E-state index in [0.717, 1.165) is 29.9 Å². The first-order valence-electron chi connectivity index (χ1n) is 6.67. The van der Waals surface area contributed by atoms with Crippen molar-refractivity contribution in [1.82, 2.24) is 15.1 Å². The molecule has 4 nitrogen and oxygen atoms in total. The van der Waals surface area contributed by atoms with Crippen molar-refractivity contribution in [1.29, 1.82) is 0 Å². The third kappa shape index (κ3) is 3.43. The molecule has 2 rings (SSSR count). The summed E-state index contributed by atoms with van der Waals surface area (Å²) in [6, 6.07) is 9.93. The molecule has 19 heavy (non-hydrogen) atoms. The monoisotopic (exact) mass is 259 g/mol. The van der Waals surface area contributed by atoms with E-state index in [1.165, 1.54) is 0 Å². The third-order valence-corrected chi connectivity index (χ3v) is 3.30. The highest BCUT2D eigenvalue weighted by Crippen LogP contribution is 2.16. The predicted octanol–water partition coefficient (Wildman–Crippen LogP) is 2.03. The first kappa shape index (κ1) is 13.8. The van der Waals surface area contributed by atoms with Crippen LogP contribution in [0.1, 0.15) is 29.8 Å². The zero-order chi connectivity index (χ0) is 13.7. The summed E-state index contributed by atoms with van der Waals surface area (Å²) in [5, 5.41) is 17.7. The average Bonchev–Trinajstić information content (AvgIpc) is 2.86. The molecule has 0 amide bonds. The zero-order valence-corrected chi connectivity index (χ0v) is 11.5. The van der Waals surface area contributed by atoms with Crippen LogP contribution in [-0.4, -0.2) is 21.4 Å². The lowest BCUT2D eigenvalue weighted by molar-refractivity contribution is 0.173. The number of benzene rings is 1. The fourth-order valence-electron chi connectivity index (χ4n) is 2.20. The second-order valence-corrected chi connectivity index (χ2v) is 4.64. The van der Waals surface area contributed by atoms with Gasteiger partial charge in [0.25, 0.3) is 0 Å². The number of aromatic nitrogens is 2. The molecule has 0 aliphatic heterocycles. The Morgan fingerprint density at radius 1 is 1.32 bits per heavy atom. The maximum absolute atomic E-state index is 10.2. The molecule has 0 spiro atoms. The van der Waals surface area contributed by atoms with Crippen LogP contribution in [0.4, 0.5) is 0 Å². The molecule has 1 aromatic heterocycles. The zero-order valence-electron chi connectivity index (χ0n) is 11.5. The van der Waals surface area contributed by atoms with Crippen molar-refractivity contribution in [2.75, 3.05) is 6.54 Å². The lowest BCUT2D eigenvalue weighted by Gasteiger charge is -2.14. The van der Waals surface area contributed by atoms with Crippen molar-refractivity contribution < 1.29 is 5.11 Å². The Morgan fingerprint density at radius 3 is 2.84 bits per heavy atom. The second kappa shape index (κ2) is 6.50. The Hall–Kier alpha value is -1.65. The maximum Gasteiger partial charge on any atom is 0.0917 e. The van der Waals surface area contributed by atoms with Gasteiger partial charge in [0.1, 0.15) is 0 Å². The second-order valence-electron chi connectivity index (χ2n) is 4.64. The van der Waals surface area contributed by atoms with Gasteiger partial charge < -0.3 is 10.4 Å². The molecule has 2 N–H and O–H groups in total. The van der Waals surface area contributed by atoms with Crippen LogP contribution in [0.15, 0.2) is 36.5 Å². The lowest BCUT2D eigenvalue weighted by Crippen LogP contribution is -2.23. The summed E-state index contributed by atoms with van der Waals surface area (Å²) < 4.78 is 1.95. The van der Waals surface area contributed by atoms with E-state index in [1.54, 1.807) is 6.20 Å². The smallest absolute Gasteiger partial charge is 0.0917 e. The highest BCUT2D eigenvalue weighted by Gasteiger charge is 2.09. The highest BCUT2D eigenvalue weighted by molar-refractivity contribution is 5.27. The van der Waals surface area contributed by atoms with Gasteiger partial charge in [0, 0.05) is 25.8 Å². The van der Waals surface area contributed by atoms with Crippen LogP contribution in [-0.2, 0) is 13.1 Å². The van der Waals surface area contributed by atoms with Crippen molar-refractivity contribution in [3.05, 3.63) is 53.3 Å². The largest absolute Gasteiger partial charge is 0.387 e. The van der Waals surface area contributed by atoms with Crippen molar-refractivity contribution in [2.45, 2.75) is 33.0 Å². The summed E-state index contributed by atoms with van der Waals surface area (Å²) in [5.41, 5.74) is 3.24. The molecular formula is C15H21N3O. The fourth-order valence-corrected chi connectivity index (χ4v) is 2.20. The van der Waals surface area contributed by atoms with Crippen molar-refractivity contribution in [3.63, 3.8) is 0 Å². The van der Waals surface area contributed by atoms with E-state index in [4.69, 9.17) is 0 Å². The first-order chi connectivity index (χ1) is 9.22. The average molecular weight is 259 g/mol. The number of hydrogen-bond acceptors (Lipinski definition) is 3. The highest BCUT2D eigenvalue weighted by atomic mass is 16.3. The van der Waals surface area contributed by atoms with E-state index in [2.05, 4.69) is 17.3 Å². The van der Waals surface area contributed by atoms with E-state index >= 15 is 0 Å². The summed E-state index contributed by atoms with van der Waals surface area (Å²) >= 11 is 0. The third-order valence-electron chi connectivity index (χ3n) is 3.30. The quantitative estimate of drug-likeness (QED) is 0.834. The molecule has 0 saturated heterocycles. The number of hydrogen-bond donors (Lipinski definition) is 2. The Balaban J connectivity index is 1.88. The number of nitrogens with zero attached hydrogens (tertiary/aromatic N) is 2. The van der Waals surface area contributed by atoms with Crippen LogP contribution in [0.2, 0.25) is 0 Å². The van der Waals surface area contributed by atoms with Crippen LogP contribution in [0.5, 0.6) is 0 Å². The molecule has 0 fully saturated rings. The molecule has 0 bridgehead atoms. The molecule has 0 saturated carbocycles. The summed E-state index contributed by atoms with van der Waals surface area (Å²) in [6.45, 7) is 6.21. The van der Waals surface area contributed by atoms with Gasteiger partial charge in [-0.2, -0.15) is 5.10 Å². The molecule has 4 heteroatoms. The molecule has 1 unspecified atom stereocenters. The van der Waals surface area contributed by atoms with Gasteiger partial charge in [0.15, 0.2) is 0 Å². The Bertz CT molecular complexity index is 522. The minimum Gasteiger partial charge on any atom is -0.387 e. The maximum atomic E-state index is 10.2. The molecule has 1 heterocycles. The normalized spacial score (nSPS) is 12.6. The minimum atomic E-state index is -0.473. The van der Waals surface area contributed by atoms with Crippen molar-refractivity contribution in [2.24, 2.45) is 0 Å². The van der Waals surface area contributed by atoms with Gasteiger partial charge in [-0.15, -0.1) is 0 Å². The summed E-state index contributed by atoms with van der Waals surface area (Å²) in [4.78, 5) is 0. The molecule has 0 aliphatic carbocycles. The summed E-state index contributed by atoms with van der Waals surface area (Å²) in [6.07, 6.45) is 1.33. The van der Waals surface area contributed by atoms with Gasteiger partial charge in [0.05, 0.1) is 11.8 Å². The standard InChI is InChI=1S/C15H21N3O/c1-3-18-13(8-9-17-18)10-16-11-15(19)14-7-5-4-6-12(14)2/h4-9,15-16,19H,3,10-11H2,1-2H3. The van der Waals surface area contributed by atoms with Gasteiger partial charge in [0.2, 0.25) is 0 Å². The van der Waals surface area contributed by atoms with Crippen molar-refractivity contribution >= 4 is 0 Å². The van der Waals surface area contributed by atoms with Crippen LogP contribution >= 0.6 is 0 Å². The fraction of sp³-hybridized carbons (Fsp3) is 0.400. The Kier molecular flexibility index (Phi) is 4.71. The van der Waals surface area contributed by atoms with E-state index in [-0.39, 0.29) is 0 Å². The lowest BCUT2D eigenvalue weighted by atomic mass is 10.0. The number of nitrogens with one attached hydrogen (secondary N) is 1. The van der Waals surface area contributed by atoms with Crippen LogP contribution in [0.25, 0.3) is 0 Å². The van der Waals surface area contributed by atoms with Crippen LogP contribution < -0.4 is 5.32 Å². The van der Waals surface area contributed by atoms with Crippen LogP contribution in [0.3, 0.4) is 0 Å². The van der Waals surface area contributed by atoms with E-state index in [9.17, 15) is 5.11 Å². The van der Waals surface area contributed by atoms with Crippen LogP contribution in [0, 0.1) is 6.92 Å². The molecule has 102 valence electrons. The molecular weight excluding hydrogens is 238 g/mol. The molecule has 0 aliphatic rings. The first-order valence-corrected chi connectivity index (χ1v) is 6.67. The Morgan fingerprint density at radius 2 is 2.11 bits per heavy atom. The van der Waals surface area contributed by atoms with E-state index in [0.29, 0.717) is 6.54 Å². The van der Waals surface area contributed by atoms with Gasteiger partial charge in [-0.1, -0.05) is 24.3 Å². The molecule has 2 aromatic rings. The topological polar surface area (TPSA) is 50.1 Å². The molecule has 1 atom stereocenters. The van der Waals surface area contributed by atoms with E-state index in [1.807, 2.05) is 41.9 Å². The van der Waals surface area contributed by atoms with Gasteiger partial charge in [-0.05, 0) is 31.0 Å². The van der Waals surface area contributed by atoms with Gasteiger partial charge >= 0.3 is 0 Å². The SMILES string of the molecule is CCn1nccc1CNCC(O)c1ccccc1C. The Labute approximate surface area is 114 Å². The number of aliphatic hydroxyl groups excluding tert-OH is 1. The summed E-state index contributed by atoms with van der Waals surface area (Å²) in [7, 11) is 0. The minimum absolute atomic E-state index is 0.473. The summed E-state index contributed by atoms with van der Waals surface area (Å²) in [5.74, 6) is 0. The molecule has 0 radical (unpaired) electrons.